The fraction of sp³-hybridized carbons (Fsp3) is 0.533. The number of rotatable bonds is 3. The SMILES string of the molecule is CCN1CCCC(n2c(CCl)nc3ccc(Br)cc32)C1. The number of piperidine rings is 1. The molecule has 1 aromatic heterocycles. The molecule has 0 amide bonds. The lowest BCUT2D eigenvalue weighted by molar-refractivity contribution is 0.186. The zero-order chi connectivity index (χ0) is 14.1. The van der Waals surface area contributed by atoms with Gasteiger partial charge in [-0.2, -0.15) is 0 Å². The number of benzene rings is 1. The van der Waals surface area contributed by atoms with Crippen LogP contribution in [0.3, 0.4) is 0 Å². The summed E-state index contributed by atoms with van der Waals surface area (Å²) in [6.45, 7) is 5.65. The van der Waals surface area contributed by atoms with Crippen molar-refractivity contribution in [2.24, 2.45) is 0 Å². The number of hydrogen-bond acceptors (Lipinski definition) is 2. The van der Waals surface area contributed by atoms with E-state index in [1.165, 1.54) is 24.9 Å². The number of alkyl halides is 1. The summed E-state index contributed by atoms with van der Waals surface area (Å²) in [6, 6.07) is 6.74. The van der Waals surface area contributed by atoms with Gasteiger partial charge in [0.1, 0.15) is 5.82 Å². The highest BCUT2D eigenvalue weighted by atomic mass is 79.9. The van der Waals surface area contributed by atoms with Gasteiger partial charge < -0.3 is 9.47 Å². The van der Waals surface area contributed by atoms with Crippen molar-refractivity contribution in [1.29, 1.82) is 0 Å². The molecular formula is C15H19BrClN3. The fourth-order valence-corrected chi connectivity index (χ4v) is 3.68. The Kier molecular flexibility index (Phi) is 4.34. The number of likely N-dealkylation sites (tertiary alicyclic amines) is 1. The highest BCUT2D eigenvalue weighted by molar-refractivity contribution is 9.10. The second-order valence-corrected chi connectivity index (χ2v) is 6.54. The van der Waals surface area contributed by atoms with Crippen LogP contribution in [-0.2, 0) is 5.88 Å². The maximum Gasteiger partial charge on any atom is 0.125 e. The highest BCUT2D eigenvalue weighted by Gasteiger charge is 2.24. The van der Waals surface area contributed by atoms with E-state index in [0.717, 1.165) is 28.9 Å². The van der Waals surface area contributed by atoms with E-state index in [2.05, 4.69) is 49.4 Å². The van der Waals surface area contributed by atoms with Gasteiger partial charge in [0.2, 0.25) is 0 Å². The molecule has 0 N–H and O–H groups in total. The Labute approximate surface area is 133 Å². The first-order chi connectivity index (χ1) is 9.72. The van der Waals surface area contributed by atoms with E-state index in [4.69, 9.17) is 11.6 Å². The van der Waals surface area contributed by atoms with Crippen molar-refractivity contribution < 1.29 is 0 Å². The van der Waals surface area contributed by atoms with Crippen LogP contribution < -0.4 is 0 Å². The van der Waals surface area contributed by atoms with Crippen molar-refractivity contribution in [1.82, 2.24) is 14.5 Å². The van der Waals surface area contributed by atoms with Gasteiger partial charge in [0, 0.05) is 17.1 Å². The number of nitrogens with zero attached hydrogens (tertiary/aromatic N) is 3. The fourth-order valence-electron chi connectivity index (χ4n) is 3.15. The molecule has 1 unspecified atom stereocenters. The number of aromatic nitrogens is 2. The molecule has 1 aliphatic heterocycles. The second kappa shape index (κ2) is 6.04. The van der Waals surface area contributed by atoms with Crippen LogP contribution in [0, 0.1) is 0 Å². The van der Waals surface area contributed by atoms with Crippen LogP contribution in [0.5, 0.6) is 0 Å². The molecular weight excluding hydrogens is 338 g/mol. The Hall–Kier alpha value is -0.580. The zero-order valence-electron chi connectivity index (χ0n) is 11.6. The average Bonchev–Trinajstić information content (AvgIpc) is 2.85. The monoisotopic (exact) mass is 355 g/mol. The van der Waals surface area contributed by atoms with Crippen molar-refractivity contribution >= 4 is 38.6 Å². The third-order valence-corrected chi connectivity index (χ3v) is 4.87. The van der Waals surface area contributed by atoms with E-state index in [1.807, 2.05) is 6.07 Å². The Morgan fingerprint density at radius 2 is 2.30 bits per heavy atom. The normalized spacial score (nSPS) is 20.6. The number of fused-ring (bicyclic) bond motifs is 1. The largest absolute Gasteiger partial charge is 0.323 e. The summed E-state index contributed by atoms with van der Waals surface area (Å²) in [5.74, 6) is 1.46. The van der Waals surface area contributed by atoms with Crippen LogP contribution in [-0.4, -0.2) is 34.1 Å². The predicted octanol–water partition coefficient (Wildman–Crippen LogP) is 4.19. The summed E-state index contributed by atoms with van der Waals surface area (Å²) in [5, 5.41) is 0. The van der Waals surface area contributed by atoms with Crippen LogP contribution >= 0.6 is 27.5 Å². The van der Waals surface area contributed by atoms with Gasteiger partial charge in [-0.15, -0.1) is 11.6 Å². The predicted molar refractivity (Wildman–Crippen MR) is 87.4 cm³/mol. The van der Waals surface area contributed by atoms with Crippen molar-refractivity contribution in [3.63, 3.8) is 0 Å². The van der Waals surface area contributed by atoms with E-state index in [9.17, 15) is 0 Å². The lowest BCUT2D eigenvalue weighted by Gasteiger charge is -2.33. The van der Waals surface area contributed by atoms with Gasteiger partial charge in [-0.3, -0.25) is 0 Å². The van der Waals surface area contributed by atoms with Crippen LogP contribution in [0.15, 0.2) is 22.7 Å². The summed E-state index contributed by atoms with van der Waals surface area (Å²) < 4.78 is 3.45. The van der Waals surface area contributed by atoms with Gasteiger partial charge in [-0.1, -0.05) is 22.9 Å². The van der Waals surface area contributed by atoms with Crippen molar-refractivity contribution in [2.75, 3.05) is 19.6 Å². The zero-order valence-corrected chi connectivity index (χ0v) is 14.0. The molecule has 1 atom stereocenters. The lowest BCUT2D eigenvalue weighted by atomic mass is 10.1. The number of likely N-dealkylation sites (N-methyl/N-ethyl adjacent to an activating group) is 1. The summed E-state index contributed by atoms with van der Waals surface area (Å²) in [6.07, 6.45) is 2.45. The molecule has 1 saturated heterocycles. The van der Waals surface area contributed by atoms with Gasteiger partial charge >= 0.3 is 0 Å². The molecule has 2 aromatic rings. The van der Waals surface area contributed by atoms with Crippen LogP contribution in [0.2, 0.25) is 0 Å². The molecule has 2 heterocycles. The van der Waals surface area contributed by atoms with E-state index in [1.54, 1.807) is 0 Å². The number of halogens is 2. The maximum atomic E-state index is 6.12. The molecule has 0 radical (unpaired) electrons. The quantitative estimate of drug-likeness (QED) is 0.769. The molecule has 108 valence electrons. The first-order valence-electron chi connectivity index (χ1n) is 7.17. The molecule has 0 spiro atoms. The summed E-state index contributed by atoms with van der Waals surface area (Å²) in [7, 11) is 0. The molecule has 1 aliphatic rings. The van der Waals surface area contributed by atoms with Gasteiger partial charge in [-0.05, 0) is 44.1 Å². The Bertz CT molecular complexity index is 610. The molecule has 0 aliphatic carbocycles. The number of hydrogen-bond donors (Lipinski definition) is 0. The highest BCUT2D eigenvalue weighted by Crippen LogP contribution is 2.30. The lowest BCUT2D eigenvalue weighted by Crippen LogP contribution is -2.36. The van der Waals surface area contributed by atoms with Gasteiger partial charge in [-0.25, -0.2) is 4.98 Å². The van der Waals surface area contributed by atoms with Gasteiger partial charge in [0.25, 0.3) is 0 Å². The Morgan fingerprint density at radius 1 is 1.45 bits per heavy atom. The smallest absolute Gasteiger partial charge is 0.125 e. The molecule has 3 nitrogen and oxygen atoms in total. The van der Waals surface area contributed by atoms with E-state index in [-0.39, 0.29) is 0 Å². The van der Waals surface area contributed by atoms with Gasteiger partial charge in [0.05, 0.1) is 16.9 Å². The van der Waals surface area contributed by atoms with E-state index < -0.39 is 0 Å². The van der Waals surface area contributed by atoms with E-state index >= 15 is 0 Å². The van der Waals surface area contributed by atoms with E-state index in [0.29, 0.717) is 11.9 Å². The third-order valence-electron chi connectivity index (χ3n) is 4.14. The average molecular weight is 357 g/mol. The van der Waals surface area contributed by atoms with Crippen LogP contribution in [0.1, 0.15) is 31.6 Å². The topological polar surface area (TPSA) is 21.1 Å². The third kappa shape index (κ3) is 2.61. The first-order valence-corrected chi connectivity index (χ1v) is 8.50. The minimum atomic E-state index is 0.467. The second-order valence-electron chi connectivity index (χ2n) is 5.35. The van der Waals surface area contributed by atoms with Crippen LogP contribution in [0.4, 0.5) is 0 Å². The minimum absolute atomic E-state index is 0.467. The first kappa shape index (κ1) is 14.4. The standard InChI is InChI=1S/C15H19BrClN3/c1-2-19-7-3-4-12(10-19)20-14-8-11(16)5-6-13(14)18-15(20)9-17/h5-6,8,12H,2-4,7,9-10H2,1H3. The Morgan fingerprint density at radius 3 is 3.05 bits per heavy atom. The molecule has 0 saturated carbocycles. The van der Waals surface area contributed by atoms with Crippen molar-refractivity contribution in [3.8, 4) is 0 Å². The Balaban J connectivity index is 2.06. The van der Waals surface area contributed by atoms with Crippen molar-refractivity contribution in [3.05, 3.63) is 28.5 Å². The summed E-state index contributed by atoms with van der Waals surface area (Å²) in [5.41, 5.74) is 2.23. The molecule has 3 rings (SSSR count). The summed E-state index contributed by atoms with van der Waals surface area (Å²) in [4.78, 5) is 7.20. The maximum absolute atomic E-state index is 6.12. The summed E-state index contributed by atoms with van der Waals surface area (Å²) >= 11 is 9.69. The molecule has 0 bridgehead atoms. The number of imidazole rings is 1. The minimum Gasteiger partial charge on any atom is -0.323 e. The molecule has 1 fully saturated rings. The molecule has 5 heteroatoms. The van der Waals surface area contributed by atoms with Crippen molar-refractivity contribution in [2.45, 2.75) is 31.7 Å². The molecule has 20 heavy (non-hydrogen) atoms. The molecule has 1 aromatic carbocycles. The van der Waals surface area contributed by atoms with Gasteiger partial charge in [0.15, 0.2) is 0 Å². The van der Waals surface area contributed by atoms with Crippen LogP contribution in [0.25, 0.3) is 11.0 Å².